The number of hydrogen-bond donors (Lipinski definition) is 0. The molecule has 0 aliphatic carbocycles. The molecule has 0 unspecified atom stereocenters. The minimum absolute atomic E-state index is 0.260. The SMILES string of the molecule is CC(C)c1ccc(B2OC(C)(C)C(C)(C)O2)c(F)c1. The molecule has 2 nitrogen and oxygen atoms in total. The van der Waals surface area contributed by atoms with Gasteiger partial charge in [-0.2, -0.15) is 0 Å². The molecule has 104 valence electrons. The molecule has 0 saturated carbocycles. The highest BCUT2D eigenvalue weighted by Crippen LogP contribution is 2.36. The van der Waals surface area contributed by atoms with Crippen molar-refractivity contribution in [2.75, 3.05) is 0 Å². The van der Waals surface area contributed by atoms with Gasteiger partial charge in [0.15, 0.2) is 0 Å². The van der Waals surface area contributed by atoms with Crippen LogP contribution >= 0.6 is 0 Å². The molecule has 1 aliphatic rings. The van der Waals surface area contributed by atoms with E-state index in [1.54, 1.807) is 12.1 Å². The Bertz CT molecular complexity index is 467. The maximum atomic E-state index is 14.2. The number of hydrogen-bond acceptors (Lipinski definition) is 2. The van der Waals surface area contributed by atoms with E-state index in [1.807, 2.05) is 47.6 Å². The van der Waals surface area contributed by atoms with Crippen LogP contribution in [-0.4, -0.2) is 18.3 Å². The fourth-order valence-electron chi connectivity index (χ4n) is 2.06. The van der Waals surface area contributed by atoms with Gasteiger partial charge in [0.05, 0.1) is 11.2 Å². The first-order chi connectivity index (χ1) is 8.64. The van der Waals surface area contributed by atoms with Gasteiger partial charge >= 0.3 is 7.12 Å². The van der Waals surface area contributed by atoms with Crippen molar-refractivity contribution in [1.29, 1.82) is 0 Å². The summed E-state index contributed by atoms with van der Waals surface area (Å²) in [6.45, 7) is 12.0. The summed E-state index contributed by atoms with van der Waals surface area (Å²) in [5, 5.41) is 0. The van der Waals surface area contributed by atoms with Crippen LogP contribution in [0.4, 0.5) is 4.39 Å². The Kier molecular flexibility index (Phi) is 3.52. The largest absolute Gasteiger partial charge is 0.497 e. The zero-order valence-electron chi connectivity index (χ0n) is 12.6. The average molecular weight is 264 g/mol. The van der Waals surface area contributed by atoms with Gasteiger partial charge in [-0.05, 0) is 45.2 Å². The second kappa shape index (κ2) is 4.60. The van der Waals surface area contributed by atoms with Crippen molar-refractivity contribution < 1.29 is 13.7 Å². The Balaban J connectivity index is 2.30. The van der Waals surface area contributed by atoms with Crippen molar-refractivity contribution >= 4 is 12.6 Å². The van der Waals surface area contributed by atoms with Crippen LogP contribution in [0.25, 0.3) is 0 Å². The Morgan fingerprint density at radius 3 is 2.00 bits per heavy atom. The predicted molar refractivity (Wildman–Crippen MR) is 76.2 cm³/mol. The molecule has 0 bridgehead atoms. The molecule has 0 N–H and O–H groups in total. The molecule has 1 aliphatic heterocycles. The minimum atomic E-state index is -0.633. The zero-order valence-corrected chi connectivity index (χ0v) is 12.6. The van der Waals surface area contributed by atoms with Crippen molar-refractivity contribution in [2.24, 2.45) is 0 Å². The van der Waals surface area contributed by atoms with Crippen molar-refractivity contribution in [3.63, 3.8) is 0 Å². The van der Waals surface area contributed by atoms with Gasteiger partial charge in [0.25, 0.3) is 0 Å². The van der Waals surface area contributed by atoms with Crippen LogP contribution in [0.3, 0.4) is 0 Å². The third-order valence-corrected chi connectivity index (χ3v) is 4.20. The van der Waals surface area contributed by atoms with E-state index >= 15 is 0 Å². The third-order valence-electron chi connectivity index (χ3n) is 4.20. The molecule has 0 radical (unpaired) electrons. The quantitative estimate of drug-likeness (QED) is 0.763. The van der Waals surface area contributed by atoms with Crippen LogP contribution in [0.1, 0.15) is 53.0 Å². The number of benzene rings is 1. The van der Waals surface area contributed by atoms with Crippen LogP contribution in [0.5, 0.6) is 0 Å². The normalized spacial score (nSPS) is 21.2. The number of halogens is 1. The van der Waals surface area contributed by atoms with Crippen LogP contribution < -0.4 is 5.46 Å². The van der Waals surface area contributed by atoms with E-state index in [1.165, 1.54) is 0 Å². The fourth-order valence-corrected chi connectivity index (χ4v) is 2.06. The highest BCUT2D eigenvalue weighted by molar-refractivity contribution is 6.62. The van der Waals surface area contributed by atoms with Crippen molar-refractivity contribution in [2.45, 2.75) is 58.7 Å². The first kappa shape index (κ1) is 14.5. The lowest BCUT2D eigenvalue weighted by molar-refractivity contribution is 0.00578. The predicted octanol–water partition coefficient (Wildman–Crippen LogP) is 3.25. The third kappa shape index (κ3) is 2.56. The smallest absolute Gasteiger partial charge is 0.399 e. The molecule has 2 rings (SSSR count). The van der Waals surface area contributed by atoms with Gasteiger partial charge in [0, 0.05) is 5.46 Å². The molecule has 0 amide bonds. The summed E-state index contributed by atoms with van der Waals surface area (Å²) in [6.07, 6.45) is 0. The van der Waals surface area contributed by atoms with E-state index in [0.717, 1.165) is 5.56 Å². The molecule has 0 atom stereocenters. The van der Waals surface area contributed by atoms with Crippen LogP contribution in [0.2, 0.25) is 0 Å². The summed E-state index contributed by atoms with van der Waals surface area (Å²) in [5.41, 5.74) is 0.572. The molecule has 0 spiro atoms. The maximum Gasteiger partial charge on any atom is 0.497 e. The van der Waals surface area contributed by atoms with E-state index in [0.29, 0.717) is 11.4 Å². The van der Waals surface area contributed by atoms with E-state index in [9.17, 15) is 4.39 Å². The van der Waals surface area contributed by atoms with E-state index in [-0.39, 0.29) is 5.82 Å². The zero-order chi connectivity index (χ0) is 14.4. The second-order valence-electron chi connectivity index (χ2n) is 6.52. The van der Waals surface area contributed by atoms with Crippen LogP contribution in [-0.2, 0) is 9.31 Å². The van der Waals surface area contributed by atoms with Crippen molar-refractivity contribution in [3.8, 4) is 0 Å². The Morgan fingerprint density at radius 2 is 1.58 bits per heavy atom. The van der Waals surface area contributed by atoms with Gasteiger partial charge in [-0.15, -0.1) is 0 Å². The molecule has 4 heteroatoms. The standard InChI is InChI=1S/C15H22BFO2/c1-10(2)11-7-8-12(13(17)9-11)16-18-14(3,4)15(5,6)19-16/h7-10H,1-6H3. The average Bonchev–Trinajstić information content (AvgIpc) is 2.47. The molecule has 19 heavy (non-hydrogen) atoms. The van der Waals surface area contributed by atoms with Gasteiger partial charge in [0.1, 0.15) is 5.82 Å². The Labute approximate surface area is 115 Å². The van der Waals surface area contributed by atoms with Gasteiger partial charge in [0.2, 0.25) is 0 Å². The summed E-state index contributed by atoms with van der Waals surface area (Å²) in [4.78, 5) is 0. The van der Waals surface area contributed by atoms with Crippen molar-refractivity contribution in [3.05, 3.63) is 29.6 Å². The molecule has 1 aromatic rings. The highest BCUT2D eigenvalue weighted by atomic mass is 19.1. The molecule has 0 aromatic heterocycles. The maximum absolute atomic E-state index is 14.2. The van der Waals surface area contributed by atoms with Gasteiger partial charge in [-0.1, -0.05) is 26.0 Å². The monoisotopic (exact) mass is 264 g/mol. The molecule has 1 fully saturated rings. The molecule has 1 heterocycles. The van der Waals surface area contributed by atoms with Gasteiger partial charge in [-0.3, -0.25) is 0 Å². The lowest BCUT2D eigenvalue weighted by Crippen LogP contribution is -2.41. The first-order valence-electron chi connectivity index (χ1n) is 6.79. The minimum Gasteiger partial charge on any atom is -0.399 e. The topological polar surface area (TPSA) is 18.5 Å². The van der Waals surface area contributed by atoms with E-state index < -0.39 is 18.3 Å². The van der Waals surface area contributed by atoms with Crippen LogP contribution in [0, 0.1) is 5.82 Å². The molecule has 1 aromatic carbocycles. The highest BCUT2D eigenvalue weighted by Gasteiger charge is 2.52. The lowest BCUT2D eigenvalue weighted by atomic mass is 9.78. The Hall–Kier alpha value is -0.865. The number of rotatable bonds is 2. The molecular formula is C15H22BFO2. The second-order valence-corrected chi connectivity index (χ2v) is 6.52. The van der Waals surface area contributed by atoms with E-state index in [4.69, 9.17) is 9.31 Å². The first-order valence-corrected chi connectivity index (χ1v) is 6.79. The summed E-state index contributed by atoms with van der Waals surface area (Å²) in [7, 11) is -0.633. The van der Waals surface area contributed by atoms with E-state index in [2.05, 4.69) is 0 Å². The van der Waals surface area contributed by atoms with Gasteiger partial charge in [-0.25, -0.2) is 4.39 Å². The molecule has 1 saturated heterocycles. The van der Waals surface area contributed by atoms with Crippen LogP contribution in [0.15, 0.2) is 18.2 Å². The summed E-state index contributed by atoms with van der Waals surface area (Å²) >= 11 is 0. The van der Waals surface area contributed by atoms with Crippen molar-refractivity contribution in [1.82, 2.24) is 0 Å². The summed E-state index contributed by atoms with van der Waals surface area (Å²) in [6, 6.07) is 5.28. The molecular weight excluding hydrogens is 242 g/mol. The summed E-state index contributed by atoms with van der Waals surface area (Å²) < 4.78 is 25.9. The van der Waals surface area contributed by atoms with Gasteiger partial charge < -0.3 is 9.31 Å². The Morgan fingerprint density at radius 1 is 1.05 bits per heavy atom. The lowest BCUT2D eigenvalue weighted by Gasteiger charge is -2.32. The summed E-state index contributed by atoms with van der Waals surface area (Å²) in [5.74, 6) is 0.0477. The fraction of sp³-hybridized carbons (Fsp3) is 0.600.